The molecule has 1 aromatic heterocycles. The lowest BCUT2D eigenvalue weighted by Crippen LogP contribution is -2.48. The number of likely N-dealkylation sites (tertiary alicyclic amines) is 1. The molecule has 1 fully saturated rings. The lowest BCUT2D eigenvalue weighted by Gasteiger charge is -2.40. The van der Waals surface area contributed by atoms with Gasteiger partial charge in [-0.2, -0.15) is 13.1 Å². The molecule has 0 radical (unpaired) electrons. The Hall–Kier alpha value is -2.92. The summed E-state index contributed by atoms with van der Waals surface area (Å²) in [6, 6.07) is 10.5. The maximum absolute atomic E-state index is 12.1. The van der Waals surface area contributed by atoms with Crippen molar-refractivity contribution in [2.24, 2.45) is 0 Å². The zero-order valence-electron chi connectivity index (χ0n) is 19.5. The number of nitrogens with one attached hydrogen (secondary N) is 3. The van der Waals surface area contributed by atoms with Crippen LogP contribution in [0.2, 0.25) is 0 Å². The Bertz CT molecular complexity index is 1290. The number of hydrogen-bond donors (Lipinski definition) is 4. The summed E-state index contributed by atoms with van der Waals surface area (Å²) >= 11 is 0. The van der Waals surface area contributed by atoms with Crippen molar-refractivity contribution in [1.29, 1.82) is 0 Å². The van der Waals surface area contributed by atoms with Crippen molar-refractivity contribution in [3.8, 4) is 5.75 Å². The molecule has 2 atom stereocenters. The van der Waals surface area contributed by atoms with E-state index in [9.17, 15) is 18.3 Å². The van der Waals surface area contributed by atoms with E-state index in [2.05, 4.69) is 19.3 Å². The van der Waals surface area contributed by atoms with Gasteiger partial charge < -0.3 is 14.8 Å². The number of aromatic carboxylic acids is 1. The number of fused-ring (bicyclic) bond motifs is 1. The van der Waals surface area contributed by atoms with E-state index >= 15 is 0 Å². The zero-order valence-corrected chi connectivity index (χ0v) is 20.3. The number of rotatable bonds is 8. The van der Waals surface area contributed by atoms with Gasteiger partial charge in [0.1, 0.15) is 5.75 Å². The first-order valence-corrected chi connectivity index (χ1v) is 12.6. The monoisotopic (exact) mass is 486 g/mol. The Balaban J connectivity index is 1.69. The standard InChI is InChI=1S/C24H30N4O5S/c1-15-12-22(33-3)20(19-8-10-26-23(15)19)14-28-11-9-18(27-34(31,32)25-2)13-21(28)16-4-6-17(7-5-16)24(29)30/h4-8,10,12,18,21,25-27H,9,11,13-14H2,1-3H3,(H,29,30)/t18-,21-/m0/s1. The molecule has 3 aromatic rings. The van der Waals surface area contributed by atoms with Gasteiger partial charge in [0.25, 0.3) is 10.2 Å². The van der Waals surface area contributed by atoms with E-state index in [0.717, 1.165) is 33.3 Å². The topological polar surface area (TPSA) is 124 Å². The molecular formula is C24H30N4O5S. The Morgan fingerprint density at radius 3 is 2.65 bits per heavy atom. The minimum atomic E-state index is -3.58. The van der Waals surface area contributed by atoms with Gasteiger partial charge in [0, 0.05) is 54.9 Å². The summed E-state index contributed by atoms with van der Waals surface area (Å²) < 4.78 is 35.0. The van der Waals surface area contributed by atoms with Gasteiger partial charge in [0.05, 0.1) is 12.7 Å². The number of carbonyl (C=O) groups is 1. The van der Waals surface area contributed by atoms with Crippen LogP contribution in [-0.4, -0.2) is 56.1 Å². The Morgan fingerprint density at radius 1 is 1.26 bits per heavy atom. The van der Waals surface area contributed by atoms with E-state index in [0.29, 0.717) is 25.9 Å². The molecule has 0 unspecified atom stereocenters. The maximum atomic E-state index is 12.1. The molecule has 10 heteroatoms. The number of nitrogens with zero attached hydrogens (tertiary/aromatic N) is 1. The summed E-state index contributed by atoms with van der Waals surface area (Å²) in [5.41, 5.74) is 4.38. The number of aromatic amines is 1. The quantitative estimate of drug-likeness (QED) is 0.388. The second-order valence-corrected chi connectivity index (χ2v) is 10.3. The van der Waals surface area contributed by atoms with E-state index in [1.165, 1.54) is 7.05 Å². The molecule has 9 nitrogen and oxygen atoms in total. The number of ether oxygens (including phenoxy) is 1. The van der Waals surface area contributed by atoms with Crippen LogP contribution in [0.5, 0.6) is 5.75 Å². The van der Waals surface area contributed by atoms with E-state index < -0.39 is 16.2 Å². The van der Waals surface area contributed by atoms with Gasteiger partial charge in [0.15, 0.2) is 0 Å². The van der Waals surface area contributed by atoms with E-state index in [1.807, 2.05) is 37.4 Å². The van der Waals surface area contributed by atoms with Crippen LogP contribution < -0.4 is 14.2 Å². The summed E-state index contributed by atoms with van der Waals surface area (Å²) in [5.74, 6) is -0.173. The first kappa shape index (κ1) is 24.2. The Morgan fingerprint density at radius 2 is 2.00 bits per heavy atom. The third kappa shape index (κ3) is 4.95. The summed E-state index contributed by atoms with van der Waals surface area (Å²) in [6.07, 6.45) is 3.12. The molecule has 2 aromatic carbocycles. The zero-order chi connectivity index (χ0) is 24.5. The highest BCUT2D eigenvalue weighted by Crippen LogP contribution is 2.37. The summed E-state index contributed by atoms with van der Waals surface area (Å²) in [7, 11) is -0.532. The normalized spacial score (nSPS) is 19.4. The molecule has 1 aliphatic heterocycles. The molecule has 34 heavy (non-hydrogen) atoms. The van der Waals surface area contributed by atoms with Gasteiger partial charge in [-0.15, -0.1) is 0 Å². The van der Waals surface area contributed by atoms with Crippen LogP contribution in [-0.2, 0) is 16.8 Å². The smallest absolute Gasteiger partial charge is 0.335 e. The molecule has 0 bridgehead atoms. The molecule has 0 amide bonds. The third-order valence-corrected chi connectivity index (χ3v) is 7.72. The van der Waals surface area contributed by atoms with Crippen LogP contribution in [0.15, 0.2) is 42.6 Å². The van der Waals surface area contributed by atoms with Gasteiger partial charge >= 0.3 is 5.97 Å². The molecule has 1 saturated heterocycles. The summed E-state index contributed by atoms with van der Waals surface area (Å²) in [4.78, 5) is 16.9. The van der Waals surface area contributed by atoms with Crippen LogP contribution in [0.3, 0.4) is 0 Å². The van der Waals surface area contributed by atoms with Crippen LogP contribution in [0.1, 0.15) is 45.9 Å². The molecule has 0 saturated carbocycles. The number of carboxylic acid groups (broad SMARTS) is 1. The van der Waals surface area contributed by atoms with E-state index in [-0.39, 0.29) is 17.6 Å². The number of H-pyrrole nitrogens is 1. The van der Waals surface area contributed by atoms with Crippen LogP contribution in [0.25, 0.3) is 10.9 Å². The summed E-state index contributed by atoms with van der Waals surface area (Å²) in [6.45, 7) is 3.30. The van der Waals surface area contributed by atoms with Crippen LogP contribution in [0.4, 0.5) is 0 Å². The first-order valence-electron chi connectivity index (χ1n) is 11.1. The number of benzene rings is 2. The molecule has 0 aliphatic carbocycles. The Kier molecular flexibility index (Phi) is 6.94. The Labute approximate surface area is 199 Å². The SMILES string of the molecule is CNS(=O)(=O)N[C@H]1CCN(Cc2c(OC)cc(C)c3[nH]ccc23)[C@H](c2ccc(C(=O)O)cc2)C1. The predicted molar refractivity (Wildman–Crippen MR) is 130 cm³/mol. The fourth-order valence-corrected chi connectivity index (χ4v) is 5.54. The molecule has 1 aliphatic rings. The van der Waals surface area contributed by atoms with Crippen molar-refractivity contribution >= 4 is 27.1 Å². The molecule has 4 N–H and O–H groups in total. The lowest BCUT2D eigenvalue weighted by atomic mass is 9.91. The van der Waals surface area contributed by atoms with E-state index in [1.54, 1.807) is 19.2 Å². The third-order valence-electron chi connectivity index (χ3n) is 6.54. The molecule has 0 spiro atoms. The number of piperidine rings is 1. The molecular weight excluding hydrogens is 456 g/mol. The second-order valence-electron chi connectivity index (χ2n) is 8.60. The summed E-state index contributed by atoms with van der Waals surface area (Å²) in [5, 5.41) is 10.4. The van der Waals surface area contributed by atoms with Crippen LogP contribution >= 0.6 is 0 Å². The van der Waals surface area contributed by atoms with Gasteiger partial charge in [-0.3, -0.25) is 4.90 Å². The molecule has 2 heterocycles. The van der Waals surface area contributed by atoms with Crippen molar-refractivity contribution in [3.05, 3.63) is 64.8 Å². The molecule has 4 rings (SSSR count). The largest absolute Gasteiger partial charge is 0.496 e. The molecule has 182 valence electrons. The van der Waals surface area contributed by atoms with E-state index in [4.69, 9.17) is 4.74 Å². The maximum Gasteiger partial charge on any atom is 0.335 e. The minimum absolute atomic E-state index is 0.110. The number of methoxy groups -OCH3 is 1. The predicted octanol–water partition coefficient (Wildman–Crippen LogP) is 2.94. The fraction of sp³-hybridized carbons (Fsp3) is 0.375. The van der Waals surface area contributed by atoms with Gasteiger partial charge in [0.2, 0.25) is 0 Å². The van der Waals surface area contributed by atoms with Crippen molar-refractivity contribution in [1.82, 2.24) is 19.3 Å². The fourth-order valence-electron chi connectivity index (χ4n) is 4.77. The van der Waals surface area contributed by atoms with Crippen molar-refractivity contribution in [2.75, 3.05) is 20.7 Å². The highest BCUT2D eigenvalue weighted by molar-refractivity contribution is 7.87. The number of aromatic nitrogens is 1. The van der Waals surface area contributed by atoms with Crippen molar-refractivity contribution in [2.45, 2.75) is 38.4 Å². The van der Waals surface area contributed by atoms with Gasteiger partial charge in [-0.25, -0.2) is 9.52 Å². The average Bonchev–Trinajstić information content (AvgIpc) is 3.32. The number of aryl methyl sites for hydroxylation is 1. The second kappa shape index (κ2) is 9.75. The van der Waals surface area contributed by atoms with Crippen molar-refractivity contribution < 1.29 is 23.1 Å². The number of hydrogen-bond acceptors (Lipinski definition) is 5. The van der Waals surface area contributed by atoms with Gasteiger partial charge in [-0.1, -0.05) is 12.1 Å². The highest BCUT2D eigenvalue weighted by atomic mass is 32.2. The van der Waals surface area contributed by atoms with Crippen LogP contribution in [0, 0.1) is 6.92 Å². The first-order chi connectivity index (χ1) is 16.2. The lowest BCUT2D eigenvalue weighted by molar-refractivity contribution is 0.0696. The van der Waals surface area contributed by atoms with Crippen molar-refractivity contribution in [3.63, 3.8) is 0 Å². The minimum Gasteiger partial charge on any atom is -0.496 e. The number of carboxylic acids is 1. The highest BCUT2D eigenvalue weighted by Gasteiger charge is 2.32. The average molecular weight is 487 g/mol. The van der Waals surface area contributed by atoms with Gasteiger partial charge in [-0.05, 0) is 55.2 Å².